The molecule has 0 N–H and O–H groups in total. The van der Waals surface area contributed by atoms with Gasteiger partial charge in [-0.2, -0.15) is 9.57 Å². The summed E-state index contributed by atoms with van der Waals surface area (Å²) in [6.45, 7) is 1.50. The molecular weight excluding hydrogens is 472 g/mol. The molecule has 0 unspecified atom stereocenters. The molecule has 2 aromatic rings. The van der Waals surface area contributed by atoms with Crippen LogP contribution in [-0.2, 0) is 14.8 Å². The number of hydrogen-bond acceptors (Lipinski definition) is 6. The predicted molar refractivity (Wildman–Crippen MR) is 107 cm³/mol. The van der Waals surface area contributed by atoms with E-state index < -0.39 is 22.5 Å². The maximum atomic E-state index is 12.6. The number of ether oxygens (including phenoxy) is 2. The average molecular weight is 488 g/mol. The predicted octanol–water partition coefficient (Wildman–Crippen LogP) is 3.60. The fraction of sp³-hybridized carbons (Fsp3) is 0.222. The Labute approximate surface area is 176 Å². The van der Waals surface area contributed by atoms with E-state index in [1.165, 1.54) is 43.4 Å². The summed E-state index contributed by atoms with van der Waals surface area (Å²) in [6.07, 6.45) is 0. The Morgan fingerprint density at radius 3 is 2.50 bits per heavy atom. The Balaban J connectivity index is 2.20. The molecule has 148 valence electrons. The second-order valence-corrected chi connectivity index (χ2v) is 8.85. The number of likely N-dealkylation sites (N-methyl/N-ethyl adjacent to an activating group) is 1. The van der Waals surface area contributed by atoms with Gasteiger partial charge in [0.1, 0.15) is 6.54 Å². The third-order valence-electron chi connectivity index (χ3n) is 3.53. The number of nitriles is 1. The van der Waals surface area contributed by atoms with E-state index in [1.54, 1.807) is 6.92 Å². The molecule has 0 radical (unpaired) electrons. The van der Waals surface area contributed by atoms with Crippen LogP contribution < -0.4 is 9.47 Å². The lowest BCUT2D eigenvalue weighted by Crippen LogP contribution is -2.34. The van der Waals surface area contributed by atoms with Crippen molar-refractivity contribution in [2.24, 2.45) is 0 Å². The number of sulfonamides is 1. The van der Waals surface area contributed by atoms with Gasteiger partial charge in [-0.3, -0.25) is 4.79 Å². The molecule has 2 rings (SSSR count). The molecule has 0 spiro atoms. The van der Waals surface area contributed by atoms with Crippen LogP contribution in [0, 0.1) is 11.3 Å². The molecule has 0 heterocycles. The highest BCUT2D eigenvalue weighted by atomic mass is 79.9. The lowest BCUT2D eigenvalue weighted by molar-refractivity contribution is -0.134. The van der Waals surface area contributed by atoms with Gasteiger partial charge in [0.25, 0.3) is 0 Å². The molecule has 2 aromatic carbocycles. The molecule has 0 amide bonds. The van der Waals surface area contributed by atoms with Crippen molar-refractivity contribution in [2.45, 2.75) is 11.8 Å². The number of nitrogens with zero attached hydrogens (tertiary/aromatic N) is 2. The summed E-state index contributed by atoms with van der Waals surface area (Å²) in [5.74, 6) is -0.542. The minimum atomic E-state index is -3.90. The highest BCUT2D eigenvalue weighted by Crippen LogP contribution is 2.37. The van der Waals surface area contributed by atoms with Crippen LogP contribution in [0.4, 0.5) is 0 Å². The minimum absolute atomic E-state index is 0.00163. The molecule has 0 fully saturated rings. The fourth-order valence-corrected chi connectivity index (χ4v) is 3.96. The van der Waals surface area contributed by atoms with Crippen LogP contribution in [0.1, 0.15) is 12.5 Å². The van der Waals surface area contributed by atoms with Crippen molar-refractivity contribution in [3.05, 3.63) is 51.5 Å². The van der Waals surface area contributed by atoms with Crippen LogP contribution in [-0.4, -0.2) is 38.9 Å². The van der Waals surface area contributed by atoms with Crippen molar-refractivity contribution in [3.63, 3.8) is 0 Å². The Kier molecular flexibility index (Phi) is 7.43. The van der Waals surface area contributed by atoms with Crippen LogP contribution in [0.3, 0.4) is 0 Å². The first-order valence-corrected chi connectivity index (χ1v) is 10.6. The van der Waals surface area contributed by atoms with Crippen molar-refractivity contribution in [2.75, 3.05) is 20.2 Å². The summed E-state index contributed by atoms with van der Waals surface area (Å²) in [5.41, 5.74) is 0.317. The van der Waals surface area contributed by atoms with E-state index in [-0.39, 0.29) is 23.0 Å². The summed E-state index contributed by atoms with van der Waals surface area (Å²) in [7, 11) is -2.63. The Morgan fingerprint density at radius 1 is 1.29 bits per heavy atom. The van der Waals surface area contributed by atoms with Gasteiger partial charge in [-0.05, 0) is 53.2 Å². The van der Waals surface area contributed by atoms with Gasteiger partial charge < -0.3 is 9.47 Å². The van der Waals surface area contributed by atoms with Gasteiger partial charge in [0.15, 0.2) is 11.5 Å². The van der Waals surface area contributed by atoms with E-state index >= 15 is 0 Å². The van der Waals surface area contributed by atoms with Crippen LogP contribution >= 0.6 is 27.5 Å². The molecule has 0 bridgehead atoms. The standard InChI is InChI=1S/C18H16BrClN2O5S/c1-3-26-16-9-12(10-21)8-15(19)18(16)27-17(23)11-22(2)28(24,25)14-6-4-13(20)5-7-14/h4-9H,3,11H2,1-2H3. The number of rotatable bonds is 7. The molecule has 0 aliphatic carbocycles. The van der Waals surface area contributed by atoms with Crippen molar-refractivity contribution < 1.29 is 22.7 Å². The summed E-state index contributed by atoms with van der Waals surface area (Å²) < 4.78 is 37.0. The minimum Gasteiger partial charge on any atom is -0.490 e. The van der Waals surface area contributed by atoms with E-state index in [0.29, 0.717) is 15.1 Å². The first kappa shape index (κ1) is 22.2. The van der Waals surface area contributed by atoms with Gasteiger partial charge in [-0.25, -0.2) is 8.42 Å². The molecule has 0 aliphatic heterocycles. The Hall–Kier alpha value is -2.12. The smallest absolute Gasteiger partial charge is 0.326 e. The van der Waals surface area contributed by atoms with Crippen molar-refractivity contribution >= 4 is 43.5 Å². The van der Waals surface area contributed by atoms with Crippen LogP contribution in [0.5, 0.6) is 11.5 Å². The fourth-order valence-electron chi connectivity index (χ4n) is 2.19. The highest BCUT2D eigenvalue weighted by Gasteiger charge is 2.25. The van der Waals surface area contributed by atoms with E-state index in [2.05, 4.69) is 15.9 Å². The van der Waals surface area contributed by atoms with Crippen molar-refractivity contribution in [3.8, 4) is 17.6 Å². The second kappa shape index (κ2) is 9.39. The van der Waals surface area contributed by atoms with E-state index in [1.807, 2.05) is 6.07 Å². The molecular formula is C18H16BrClN2O5S. The monoisotopic (exact) mass is 486 g/mol. The van der Waals surface area contributed by atoms with Crippen LogP contribution in [0.25, 0.3) is 0 Å². The normalized spacial score (nSPS) is 11.1. The SMILES string of the molecule is CCOc1cc(C#N)cc(Br)c1OC(=O)CN(C)S(=O)(=O)c1ccc(Cl)cc1. The quantitative estimate of drug-likeness (QED) is 0.437. The third-order valence-corrected chi connectivity index (χ3v) is 6.19. The molecule has 10 heteroatoms. The summed E-state index contributed by atoms with van der Waals surface area (Å²) in [5, 5.41) is 9.44. The van der Waals surface area contributed by atoms with Gasteiger partial charge in [0.05, 0.1) is 27.6 Å². The number of hydrogen-bond donors (Lipinski definition) is 0. The molecule has 0 aromatic heterocycles. The molecule has 0 saturated heterocycles. The van der Waals surface area contributed by atoms with Gasteiger partial charge in [-0.1, -0.05) is 11.6 Å². The van der Waals surface area contributed by atoms with Crippen molar-refractivity contribution in [1.29, 1.82) is 5.26 Å². The number of carbonyl (C=O) groups is 1. The molecule has 28 heavy (non-hydrogen) atoms. The molecule has 0 saturated carbocycles. The van der Waals surface area contributed by atoms with Gasteiger partial charge in [0.2, 0.25) is 10.0 Å². The number of benzene rings is 2. The Morgan fingerprint density at radius 2 is 1.93 bits per heavy atom. The summed E-state index contributed by atoms with van der Waals surface area (Å²) in [4.78, 5) is 12.3. The zero-order chi connectivity index (χ0) is 20.9. The lowest BCUT2D eigenvalue weighted by atomic mass is 10.2. The van der Waals surface area contributed by atoms with E-state index in [0.717, 1.165) is 4.31 Å². The zero-order valence-corrected chi connectivity index (χ0v) is 18.1. The lowest BCUT2D eigenvalue weighted by Gasteiger charge is -2.18. The van der Waals surface area contributed by atoms with E-state index in [9.17, 15) is 13.2 Å². The summed E-state index contributed by atoms with van der Waals surface area (Å²) >= 11 is 9.01. The highest BCUT2D eigenvalue weighted by molar-refractivity contribution is 9.10. The van der Waals surface area contributed by atoms with Crippen LogP contribution in [0.2, 0.25) is 5.02 Å². The molecule has 7 nitrogen and oxygen atoms in total. The first-order chi connectivity index (χ1) is 13.2. The largest absolute Gasteiger partial charge is 0.490 e. The number of esters is 1. The maximum absolute atomic E-state index is 12.6. The zero-order valence-electron chi connectivity index (χ0n) is 15.0. The topological polar surface area (TPSA) is 96.7 Å². The van der Waals surface area contributed by atoms with Gasteiger partial charge in [0, 0.05) is 18.1 Å². The second-order valence-electron chi connectivity index (χ2n) is 5.52. The van der Waals surface area contributed by atoms with E-state index in [4.69, 9.17) is 26.3 Å². The molecule has 0 aliphatic rings. The Bertz CT molecular complexity index is 1020. The molecule has 0 atom stereocenters. The number of halogens is 2. The van der Waals surface area contributed by atoms with Crippen molar-refractivity contribution in [1.82, 2.24) is 4.31 Å². The third kappa shape index (κ3) is 5.23. The average Bonchev–Trinajstić information content (AvgIpc) is 2.64. The van der Waals surface area contributed by atoms with Gasteiger partial charge >= 0.3 is 5.97 Å². The maximum Gasteiger partial charge on any atom is 0.326 e. The summed E-state index contributed by atoms with van der Waals surface area (Å²) in [6, 6.07) is 10.5. The van der Waals surface area contributed by atoms with Gasteiger partial charge in [-0.15, -0.1) is 0 Å². The van der Waals surface area contributed by atoms with Crippen LogP contribution in [0.15, 0.2) is 45.8 Å². The number of carbonyl (C=O) groups excluding carboxylic acids is 1. The first-order valence-electron chi connectivity index (χ1n) is 7.98.